The minimum atomic E-state index is -0.278. The van der Waals surface area contributed by atoms with E-state index < -0.39 is 0 Å². The van der Waals surface area contributed by atoms with E-state index in [1.807, 2.05) is 6.92 Å². The maximum atomic E-state index is 12.1. The molecule has 0 fully saturated rings. The van der Waals surface area contributed by atoms with Gasteiger partial charge >= 0.3 is 0 Å². The molecule has 1 atom stereocenters. The molecule has 0 heterocycles. The topological polar surface area (TPSA) is 75.4 Å². The molecule has 21 heavy (non-hydrogen) atoms. The fourth-order valence-corrected chi connectivity index (χ4v) is 1.98. The minimum absolute atomic E-state index is 0.0274. The van der Waals surface area contributed by atoms with Crippen LogP contribution in [0.2, 0.25) is 5.02 Å². The molecule has 0 aliphatic heterocycles. The third-order valence-electron chi connectivity index (χ3n) is 3.04. The van der Waals surface area contributed by atoms with Crippen molar-refractivity contribution in [2.24, 2.45) is 11.7 Å². The Kier molecular flexibility index (Phi) is 7.19. The van der Waals surface area contributed by atoms with Crippen LogP contribution in [0.4, 0.5) is 5.69 Å². The fraction of sp³-hybridized carbons (Fsp3) is 0.467. The number of nitrogens with two attached hydrogens (primary N) is 1. The molecule has 116 valence electrons. The van der Waals surface area contributed by atoms with Crippen LogP contribution in [0, 0.1) is 5.92 Å². The standard InChI is InChI=1S/C15H22ClN3O2/c1-3-8-19(15(21)11(2)9-17)10-14(20)18-13-6-4-12(16)5-7-13/h4-7,11H,3,8-10,17H2,1-2H3,(H,18,20). The van der Waals surface area contributed by atoms with Crippen molar-refractivity contribution in [1.82, 2.24) is 4.90 Å². The first kappa shape index (κ1) is 17.5. The highest BCUT2D eigenvalue weighted by molar-refractivity contribution is 6.30. The summed E-state index contributed by atoms with van der Waals surface area (Å²) >= 11 is 5.79. The Labute approximate surface area is 130 Å². The van der Waals surface area contributed by atoms with Gasteiger partial charge in [-0.2, -0.15) is 0 Å². The number of hydrogen-bond acceptors (Lipinski definition) is 3. The average molecular weight is 312 g/mol. The van der Waals surface area contributed by atoms with Gasteiger partial charge in [0.25, 0.3) is 0 Å². The van der Waals surface area contributed by atoms with Crippen LogP contribution in [0.5, 0.6) is 0 Å². The maximum Gasteiger partial charge on any atom is 0.243 e. The molecule has 3 N–H and O–H groups in total. The molecule has 1 aromatic carbocycles. The summed E-state index contributed by atoms with van der Waals surface area (Å²) in [7, 11) is 0. The summed E-state index contributed by atoms with van der Waals surface area (Å²) in [6, 6.07) is 6.83. The van der Waals surface area contributed by atoms with E-state index in [0.29, 0.717) is 17.3 Å². The largest absolute Gasteiger partial charge is 0.333 e. The Morgan fingerprint density at radius 3 is 2.48 bits per heavy atom. The molecule has 1 rings (SSSR count). The number of benzene rings is 1. The lowest BCUT2D eigenvalue weighted by Crippen LogP contribution is -2.42. The van der Waals surface area contributed by atoms with Gasteiger partial charge < -0.3 is 16.0 Å². The number of halogens is 1. The number of carbonyl (C=O) groups is 2. The molecule has 0 radical (unpaired) electrons. The van der Waals surface area contributed by atoms with Crippen LogP contribution in [-0.4, -0.2) is 36.3 Å². The smallest absolute Gasteiger partial charge is 0.243 e. The van der Waals surface area contributed by atoms with E-state index >= 15 is 0 Å². The zero-order valence-electron chi connectivity index (χ0n) is 12.4. The van der Waals surface area contributed by atoms with E-state index in [-0.39, 0.29) is 30.8 Å². The van der Waals surface area contributed by atoms with E-state index in [9.17, 15) is 9.59 Å². The molecule has 0 bridgehead atoms. The van der Waals surface area contributed by atoms with Crippen molar-refractivity contribution in [2.75, 3.05) is 25.0 Å². The van der Waals surface area contributed by atoms with Gasteiger partial charge in [-0.15, -0.1) is 0 Å². The van der Waals surface area contributed by atoms with Gasteiger partial charge in [-0.25, -0.2) is 0 Å². The highest BCUT2D eigenvalue weighted by Crippen LogP contribution is 2.13. The third-order valence-corrected chi connectivity index (χ3v) is 3.29. The number of carbonyl (C=O) groups excluding carboxylic acids is 2. The van der Waals surface area contributed by atoms with Crippen LogP contribution in [0.1, 0.15) is 20.3 Å². The Morgan fingerprint density at radius 2 is 1.95 bits per heavy atom. The second kappa shape index (κ2) is 8.64. The van der Waals surface area contributed by atoms with Gasteiger partial charge in [-0.1, -0.05) is 25.4 Å². The van der Waals surface area contributed by atoms with E-state index in [4.69, 9.17) is 17.3 Å². The summed E-state index contributed by atoms with van der Waals surface area (Å²) in [5.74, 6) is -0.603. The summed E-state index contributed by atoms with van der Waals surface area (Å²) in [5.41, 5.74) is 6.17. The molecule has 6 heteroatoms. The lowest BCUT2D eigenvalue weighted by Gasteiger charge is -2.24. The number of anilines is 1. The number of nitrogens with zero attached hydrogens (tertiary/aromatic N) is 1. The summed E-state index contributed by atoms with van der Waals surface area (Å²) in [5, 5.41) is 3.35. The van der Waals surface area contributed by atoms with Crippen LogP contribution < -0.4 is 11.1 Å². The molecule has 0 spiro atoms. The van der Waals surface area contributed by atoms with Crippen LogP contribution in [0.15, 0.2) is 24.3 Å². The second-order valence-electron chi connectivity index (χ2n) is 4.95. The van der Waals surface area contributed by atoms with E-state index in [0.717, 1.165) is 6.42 Å². The van der Waals surface area contributed by atoms with E-state index in [2.05, 4.69) is 5.32 Å². The van der Waals surface area contributed by atoms with E-state index in [1.165, 1.54) is 0 Å². The fourth-order valence-electron chi connectivity index (χ4n) is 1.86. The number of nitrogens with one attached hydrogen (secondary N) is 1. The number of amides is 2. The van der Waals surface area contributed by atoms with Crippen LogP contribution in [0.3, 0.4) is 0 Å². The second-order valence-corrected chi connectivity index (χ2v) is 5.39. The first-order valence-corrected chi connectivity index (χ1v) is 7.40. The van der Waals surface area contributed by atoms with Crippen LogP contribution in [-0.2, 0) is 9.59 Å². The number of hydrogen-bond donors (Lipinski definition) is 2. The molecular formula is C15H22ClN3O2. The Bertz CT molecular complexity index is 476. The Morgan fingerprint density at radius 1 is 1.33 bits per heavy atom. The Hall–Kier alpha value is -1.59. The quantitative estimate of drug-likeness (QED) is 0.810. The first-order valence-electron chi connectivity index (χ1n) is 7.02. The molecule has 0 aliphatic carbocycles. The van der Waals surface area contributed by atoms with Crippen molar-refractivity contribution in [3.05, 3.63) is 29.3 Å². The monoisotopic (exact) mass is 311 g/mol. The lowest BCUT2D eigenvalue weighted by molar-refractivity contribution is -0.137. The van der Waals surface area contributed by atoms with E-state index in [1.54, 1.807) is 36.1 Å². The zero-order chi connectivity index (χ0) is 15.8. The highest BCUT2D eigenvalue weighted by Gasteiger charge is 2.21. The molecular weight excluding hydrogens is 290 g/mol. The zero-order valence-corrected chi connectivity index (χ0v) is 13.2. The maximum absolute atomic E-state index is 12.1. The normalized spacial score (nSPS) is 11.8. The van der Waals surface area contributed by atoms with Gasteiger partial charge in [0.05, 0.1) is 6.54 Å². The SMILES string of the molecule is CCCN(CC(=O)Nc1ccc(Cl)cc1)C(=O)C(C)CN. The number of rotatable bonds is 7. The minimum Gasteiger partial charge on any atom is -0.333 e. The van der Waals surface area contributed by atoms with Crippen molar-refractivity contribution >= 4 is 29.1 Å². The van der Waals surface area contributed by atoms with Crippen LogP contribution >= 0.6 is 11.6 Å². The molecule has 5 nitrogen and oxygen atoms in total. The summed E-state index contributed by atoms with van der Waals surface area (Å²) in [6.45, 7) is 4.57. The van der Waals surface area contributed by atoms with Gasteiger partial charge in [0.1, 0.15) is 0 Å². The van der Waals surface area contributed by atoms with Gasteiger partial charge in [-0.3, -0.25) is 9.59 Å². The predicted molar refractivity (Wildman–Crippen MR) is 85.2 cm³/mol. The highest BCUT2D eigenvalue weighted by atomic mass is 35.5. The summed E-state index contributed by atoms with van der Waals surface area (Å²) in [6.07, 6.45) is 0.789. The first-order chi connectivity index (χ1) is 9.97. The molecule has 1 aromatic rings. The van der Waals surface area contributed by atoms with Crippen molar-refractivity contribution < 1.29 is 9.59 Å². The predicted octanol–water partition coefficient (Wildman–Crippen LogP) is 2.11. The molecule has 2 amide bonds. The average Bonchev–Trinajstić information content (AvgIpc) is 2.47. The molecule has 0 saturated carbocycles. The van der Waals surface area contributed by atoms with Gasteiger partial charge in [0.2, 0.25) is 11.8 Å². The molecule has 1 unspecified atom stereocenters. The molecule has 0 aliphatic rings. The Balaban J connectivity index is 2.63. The summed E-state index contributed by atoms with van der Waals surface area (Å²) < 4.78 is 0. The van der Waals surface area contributed by atoms with Crippen LogP contribution in [0.25, 0.3) is 0 Å². The summed E-state index contributed by atoms with van der Waals surface area (Å²) in [4.78, 5) is 25.7. The van der Waals surface area contributed by atoms with Crippen molar-refractivity contribution in [3.8, 4) is 0 Å². The third kappa shape index (κ3) is 5.73. The molecule has 0 saturated heterocycles. The van der Waals surface area contributed by atoms with Crippen molar-refractivity contribution in [3.63, 3.8) is 0 Å². The van der Waals surface area contributed by atoms with Gasteiger partial charge in [0, 0.05) is 29.7 Å². The van der Waals surface area contributed by atoms with Crippen molar-refractivity contribution in [2.45, 2.75) is 20.3 Å². The lowest BCUT2D eigenvalue weighted by atomic mass is 10.1. The molecule has 0 aromatic heterocycles. The van der Waals surface area contributed by atoms with Gasteiger partial charge in [0.15, 0.2) is 0 Å². The van der Waals surface area contributed by atoms with Gasteiger partial charge in [-0.05, 0) is 30.7 Å². The van der Waals surface area contributed by atoms with Crippen molar-refractivity contribution in [1.29, 1.82) is 0 Å².